The van der Waals surface area contributed by atoms with Crippen LogP contribution in [0.2, 0.25) is 0 Å². The van der Waals surface area contributed by atoms with Crippen LogP contribution in [-0.2, 0) is 38.1 Å². The fourth-order valence-corrected chi connectivity index (χ4v) is 8.31. The van der Waals surface area contributed by atoms with Gasteiger partial charge >= 0.3 is 23.9 Å². The molecule has 0 radical (unpaired) electrons. The molecule has 11 nitrogen and oxygen atoms in total. The Balaban J connectivity index is 2.54. The molecule has 2 fully saturated rings. The molecule has 0 aromatic carbocycles. The van der Waals surface area contributed by atoms with E-state index in [2.05, 4.69) is 27.7 Å². The summed E-state index contributed by atoms with van der Waals surface area (Å²) in [5.74, 6) is -0.497. The molecule has 2 aliphatic carbocycles. The van der Waals surface area contributed by atoms with Crippen LogP contribution in [0.4, 0.5) is 0 Å². The van der Waals surface area contributed by atoms with E-state index >= 15 is 0 Å². The van der Waals surface area contributed by atoms with Gasteiger partial charge in [0.2, 0.25) is 0 Å². The first-order valence-corrected chi connectivity index (χ1v) is 18.0. The highest BCUT2D eigenvalue weighted by molar-refractivity contribution is 5.70. The van der Waals surface area contributed by atoms with E-state index < -0.39 is 11.5 Å². The van der Waals surface area contributed by atoms with Crippen LogP contribution in [0.25, 0.3) is 0 Å². The van der Waals surface area contributed by atoms with Crippen molar-refractivity contribution in [3.05, 3.63) is 0 Å². The van der Waals surface area contributed by atoms with Crippen LogP contribution in [0.1, 0.15) is 125 Å². The van der Waals surface area contributed by atoms with Crippen molar-refractivity contribution in [2.45, 2.75) is 143 Å². The maximum Gasteiger partial charge on any atom is 0.307 e. The molecule has 0 spiro atoms. The Kier molecular flexibility index (Phi) is 17.1. The van der Waals surface area contributed by atoms with Crippen molar-refractivity contribution in [3.8, 4) is 0 Å². The van der Waals surface area contributed by atoms with E-state index in [-0.39, 0.29) is 104 Å². The maximum absolute atomic E-state index is 13.2. The van der Waals surface area contributed by atoms with E-state index in [4.69, 9.17) is 36.1 Å². The number of carbonyl (C=O) groups excluding carboxylic acids is 4. The van der Waals surface area contributed by atoms with Crippen LogP contribution in [0.3, 0.4) is 0 Å². The van der Waals surface area contributed by atoms with E-state index in [0.29, 0.717) is 44.9 Å². The minimum absolute atomic E-state index is 0.123. The zero-order valence-electron chi connectivity index (χ0n) is 30.1. The predicted molar refractivity (Wildman–Crippen MR) is 181 cm³/mol. The molecule has 0 aliphatic heterocycles. The minimum atomic E-state index is -0.422. The van der Waals surface area contributed by atoms with Crippen molar-refractivity contribution >= 4 is 23.9 Å². The van der Waals surface area contributed by atoms with Crippen LogP contribution in [0.15, 0.2) is 0 Å². The second kappa shape index (κ2) is 19.7. The highest BCUT2D eigenvalue weighted by atomic mass is 16.6. The number of hydrogen-bond donors (Lipinski definition) is 3. The number of carbonyl (C=O) groups is 4. The first-order valence-electron chi connectivity index (χ1n) is 18.0. The monoisotopic (exact) mass is 667 g/mol. The summed E-state index contributed by atoms with van der Waals surface area (Å²) < 4.78 is 23.3. The SMILES string of the molecule is CC[C@@H](CC[C@@]1(C)CC[C@@H](OC(=O)CCN)C[C@@H]2CC[C@H]([C@H](C)CCC(=O)OC)[C@@]2(C)[C@@H](OC(=O)CCN)C[C@H]1C)OC(=O)CCN. The Bertz CT molecular complexity index is 1010. The van der Waals surface area contributed by atoms with E-state index in [1.165, 1.54) is 7.11 Å². The van der Waals surface area contributed by atoms with Crippen LogP contribution < -0.4 is 17.2 Å². The standard InChI is InChI=1S/C36H65N3O8/c1-7-27(45-32(41)14-19-37)12-17-35(4)18-13-28(46-33(42)15-20-38)23-26-9-10-29(24(2)8-11-31(40)44-6)36(26,5)30(22-25(35)3)47-34(43)16-21-39/h24-30H,7-23,37-39H2,1-6H3/t24-,25-,26+,27+,28-,29-,30+,35+,36+/m1/s1. The third-order valence-corrected chi connectivity index (χ3v) is 11.7. The molecule has 6 N–H and O–H groups in total. The minimum Gasteiger partial charge on any atom is -0.469 e. The fourth-order valence-electron chi connectivity index (χ4n) is 8.31. The summed E-state index contributed by atoms with van der Waals surface area (Å²) in [6.07, 6.45) is 7.41. The first-order chi connectivity index (χ1) is 22.3. The highest BCUT2D eigenvalue weighted by Crippen LogP contribution is 2.59. The van der Waals surface area contributed by atoms with Crippen LogP contribution >= 0.6 is 0 Å². The largest absolute Gasteiger partial charge is 0.469 e. The summed E-state index contributed by atoms with van der Waals surface area (Å²) in [5, 5.41) is 0. The second-order valence-corrected chi connectivity index (χ2v) is 14.7. The van der Waals surface area contributed by atoms with Crippen LogP contribution in [-0.4, -0.2) is 68.9 Å². The van der Waals surface area contributed by atoms with Gasteiger partial charge in [0.25, 0.3) is 0 Å². The molecule has 47 heavy (non-hydrogen) atoms. The lowest BCUT2D eigenvalue weighted by molar-refractivity contribution is -0.168. The van der Waals surface area contributed by atoms with E-state index in [9.17, 15) is 19.2 Å². The van der Waals surface area contributed by atoms with Gasteiger partial charge in [-0.1, -0.05) is 34.6 Å². The van der Waals surface area contributed by atoms with Crippen LogP contribution in [0.5, 0.6) is 0 Å². The van der Waals surface area contributed by atoms with Gasteiger partial charge in [-0.25, -0.2) is 0 Å². The maximum atomic E-state index is 13.2. The van der Waals surface area contributed by atoms with Gasteiger partial charge in [-0.3, -0.25) is 19.2 Å². The second-order valence-electron chi connectivity index (χ2n) is 14.7. The number of esters is 4. The predicted octanol–water partition coefficient (Wildman–Crippen LogP) is 4.80. The quantitative estimate of drug-likeness (QED) is 0.143. The van der Waals surface area contributed by atoms with Gasteiger partial charge in [0.1, 0.15) is 18.3 Å². The molecule has 9 atom stereocenters. The van der Waals surface area contributed by atoms with Gasteiger partial charge in [0, 0.05) is 31.5 Å². The first kappa shape index (κ1) is 40.9. The molecular weight excluding hydrogens is 602 g/mol. The molecule has 0 heterocycles. The van der Waals surface area contributed by atoms with Gasteiger partial charge < -0.3 is 36.1 Å². The number of nitrogens with two attached hydrogens (primary N) is 3. The van der Waals surface area contributed by atoms with E-state index in [0.717, 1.165) is 25.7 Å². The average molecular weight is 668 g/mol. The van der Waals surface area contributed by atoms with Gasteiger partial charge in [-0.05, 0) is 93.3 Å². The summed E-state index contributed by atoms with van der Waals surface area (Å²) in [6.45, 7) is 11.6. The van der Waals surface area contributed by atoms with Crippen molar-refractivity contribution < 1.29 is 38.1 Å². The number of rotatable bonds is 17. The lowest BCUT2D eigenvalue weighted by Crippen LogP contribution is -2.49. The zero-order valence-corrected chi connectivity index (χ0v) is 30.1. The molecular formula is C36H65N3O8. The number of hydrogen-bond acceptors (Lipinski definition) is 11. The topological polar surface area (TPSA) is 183 Å². The summed E-state index contributed by atoms with van der Waals surface area (Å²) in [4.78, 5) is 50.4. The Labute approximate surface area is 283 Å². The molecule has 0 saturated heterocycles. The molecule has 272 valence electrons. The van der Waals surface area contributed by atoms with Gasteiger partial charge in [-0.2, -0.15) is 0 Å². The summed E-state index contributed by atoms with van der Waals surface area (Å²) in [5.41, 5.74) is 16.4. The fraction of sp³-hybridized carbons (Fsp3) is 0.889. The van der Waals surface area contributed by atoms with Gasteiger partial charge in [-0.15, -0.1) is 0 Å². The molecule has 2 rings (SSSR count). The lowest BCUT2D eigenvalue weighted by atomic mass is 9.59. The average Bonchev–Trinajstić information content (AvgIpc) is 3.36. The molecule has 0 aromatic rings. The van der Waals surface area contributed by atoms with E-state index in [1.807, 2.05) is 6.92 Å². The van der Waals surface area contributed by atoms with Gasteiger partial charge in [0.15, 0.2) is 0 Å². The summed E-state index contributed by atoms with van der Waals surface area (Å²) >= 11 is 0. The number of fused-ring (bicyclic) bond motifs is 1. The zero-order chi connectivity index (χ0) is 35.2. The Hall–Kier alpha value is -2.24. The Morgan fingerprint density at radius 2 is 1.43 bits per heavy atom. The molecule has 0 unspecified atom stereocenters. The van der Waals surface area contributed by atoms with Crippen molar-refractivity contribution in [2.24, 2.45) is 51.7 Å². The number of ether oxygens (including phenoxy) is 4. The smallest absolute Gasteiger partial charge is 0.307 e. The van der Waals surface area contributed by atoms with Crippen molar-refractivity contribution in [2.75, 3.05) is 26.7 Å². The van der Waals surface area contributed by atoms with Crippen molar-refractivity contribution in [3.63, 3.8) is 0 Å². The molecule has 11 heteroatoms. The molecule has 2 saturated carbocycles. The Morgan fingerprint density at radius 3 is 2.02 bits per heavy atom. The third kappa shape index (κ3) is 11.7. The Morgan fingerprint density at radius 1 is 0.809 bits per heavy atom. The molecule has 0 bridgehead atoms. The van der Waals surface area contributed by atoms with Crippen LogP contribution in [0, 0.1) is 34.5 Å². The van der Waals surface area contributed by atoms with Crippen molar-refractivity contribution in [1.29, 1.82) is 0 Å². The van der Waals surface area contributed by atoms with Gasteiger partial charge in [0.05, 0.1) is 26.4 Å². The number of methoxy groups -OCH3 is 1. The molecule has 0 amide bonds. The molecule has 2 aliphatic rings. The lowest BCUT2D eigenvalue weighted by Gasteiger charge is -2.49. The highest BCUT2D eigenvalue weighted by Gasteiger charge is 2.56. The third-order valence-electron chi connectivity index (χ3n) is 11.7. The van der Waals surface area contributed by atoms with Crippen molar-refractivity contribution in [1.82, 2.24) is 0 Å². The molecule has 0 aromatic heterocycles. The summed E-state index contributed by atoms with van der Waals surface area (Å²) in [6, 6.07) is 0. The summed E-state index contributed by atoms with van der Waals surface area (Å²) in [7, 11) is 1.41. The van der Waals surface area contributed by atoms with E-state index in [1.54, 1.807) is 0 Å². The normalized spacial score (nSPS) is 30.8.